The van der Waals surface area contributed by atoms with Crippen LogP contribution in [0.15, 0.2) is 78.9 Å². The van der Waals surface area contributed by atoms with E-state index in [0.717, 1.165) is 16.7 Å². The molecule has 8 heteroatoms. The summed E-state index contributed by atoms with van der Waals surface area (Å²) < 4.78 is 11.2. The van der Waals surface area contributed by atoms with Gasteiger partial charge in [0, 0.05) is 18.4 Å². The predicted octanol–water partition coefficient (Wildman–Crippen LogP) is 5.12. The number of carboxylic acid groups (broad SMARTS) is 1. The van der Waals surface area contributed by atoms with Crippen LogP contribution in [-0.2, 0) is 25.7 Å². The van der Waals surface area contributed by atoms with Gasteiger partial charge in [0.05, 0.1) is 12.7 Å². The molecular formula is C32H36N2O6. The third-order valence-electron chi connectivity index (χ3n) is 7.26. The van der Waals surface area contributed by atoms with Gasteiger partial charge in [0.1, 0.15) is 6.61 Å². The summed E-state index contributed by atoms with van der Waals surface area (Å²) in [6.07, 6.45) is -0.212. The zero-order chi connectivity index (χ0) is 28.5. The summed E-state index contributed by atoms with van der Waals surface area (Å²) in [4.78, 5) is 36.8. The van der Waals surface area contributed by atoms with E-state index in [4.69, 9.17) is 9.47 Å². The van der Waals surface area contributed by atoms with E-state index in [2.05, 4.69) is 34.9 Å². The lowest BCUT2D eigenvalue weighted by molar-refractivity contribution is -0.147. The van der Waals surface area contributed by atoms with Crippen LogP contribution in [0.5, 0.6) is 0 Å². The smallest absolute Gasteiger partial charge is 0.407 e. The molecule has 3 aromatic rings. The van der Waals surface area contributed by atoms with Crippen molar-refractivity contribution in [3.05, 3.63) is 95.6 Å². The Morgan fingerprint density at radius 2 is 1.48 bits per heavy atom. The monoisotopic (exact) mass is 544 g/mol. The molecule has 0 fully saturated rings. The number of carboxylic acids is 1. The molecule has 3 N–H and O–H groups in total. The van der Waals surface area contributed by atoms with Crippen LogP contribution in [-0.4, -0.2) is 48.4 Å². The Morgan fingerprint density at radius 3 is 2.10 bits per heavy atom. The molecule has 0 saturated heterocycles. The van der Waals surface area contributed by atoms with E-state index in [1.165, 1.54) is 11.1 Å². The summed E-state index contributed by atoms with van der Waals surface area (Å²) in [6, 6.07) is 24.6. The molecule has 0 aliphatic heterocycles. The van der Waals surface area contributed by atoms with Gasteiger partial charge in [0.2, 0.25) is 5.91 Å². The average Bonchev–Trinajstić information content (AvgIpc) is 3.29. The number of benzene rings is 3. The second-order valence-corrected chi connectivity index (χ2v) is 10.1. The van der Waals surface area contributed by atoms with Crippen molar-refractivity contribution >= 4 is 18.0 Å². The van der Waals surface area contributed by atoms with Crippen molar-refractivity contribution in [1.82, 2.24) is 10.6 Å². The third kappa shape index (κ3) is 7.27. The molecule has 0 radical (unpaired) electrons. The van der Waals surface area contributed by atoms with Gasteiger partial charge < -0.3 is 25.2 Å². The molecular weight excluding hydrogens is 508 g/mol. The van der Waals surface area contributed by atoms with Crippen molar-refractivity contribution in [3.8, 4) is 11.1 Å². The van der Waals surface area contributed by atoms with Crippen LogP contribution in [0.25, 0.3) is 11.1 Å². The first-order chi connectivity index (χ1) is 19.3. The topological polar surface area (TPSA) is 114 Å². The number of hydrogen-bond donors (Lipinski definition) is 3. The van der Waals surface area contributed by atoms with E-state index in [0.29, 0.717) is 19.4 Å². The van der Waals surface area contributed by atoms with Gasteiger partial charge in [-0.2, -0.15) is 0 Å². The number of amides is 2. The number of hydrogen-bond acceptors (Lipinski definition) is 5. The van der Waals surface area contributed by atoms with Gasteiger partial charge in [0.25, 0.3) is 0 Å². The maximum absolute atomic E-state index is 12.7. The molecule has 3 atom stereocenters. The zero-order valence-corrected chi connectivity index (χ0v) is 22.8. The van der Waals surface area contributed by atoms with Crippen molar-refractivity contribution in [2.75, 3.05) is 13.2 Å². The Bertz CT molecular complexity index is 1270. The van der Waals surface area contributed by atoms with Crippen LogP contribution in [0.2, 0.25) is 0 Å². The Kier molecular flexibility index (Phi) is 9.91. The third-order valence-corrected chi connectivity index (χ3v) is 7.26. The van der Waals surface area contributed by atoms with E-state index < -0.39 is 30.1 Å². The fourth-order valence-corrected chi connectivity index (χ4v) is 4.95. The van der Waals surface area contributed by atoms with Crippen LogP contribution in [0, 0.1) is 5.92 Å². The number of alkyl carbamates (subject to hydrolysis) is 1. The summed E-state index contributed by atoms with van der Waals surface area (Å²) in [7, 11) is 0. The fourth-order valence-electron chi connectivity index (χ4n) is 4.95. The highest BCUT2D eigenvalue weighted by atomic mass is 16.5. The average molecular weight is 545 g/mol. The first kappa shape index (κ1) is 28.8. The number of nitrogens with one attached hydrogen (secondary N) is 2. The van der Waals surface area contributed by atoms with Gasteiger partial charge in [-0.3, -0.25) is 4.79 Å². The van der Waals surface area contributed by atoms with Gasteiger partial charge in [-0.1, -0.05) is 85.8 Å². The van der Waals surface area contributed by atoms with Crippen LogP contribution in [0.4, 0.5) is 4.79 Å². The minimum Gasteiger partial charge on any atom is -0.480 e. The van der Waals surface area contributed by atoms with Crippen molar-refractivity contribution in [2.45, 2.75) is 51.4 Å². The number of ether oxygens (including phenoxy) is 2. The molecule has 1 aliphatic carbocycles. The molecule has 3 unspecified atom stereocenters. The molecule has 0 aromatic heterocycles. The number of aliphatic carboxylic acids is 1. The van der Waals surface area contributed by atoms with E-state index in [-0.39, 0.29) is 25.0 Å². The second kappa shape index (κ2) is 13.8. The van der Waals surface area contributed by atoms with E-state index in [9.17, 15) is 19.5 Å². The predicted molar refractivity (Wildman–Crippen MR) is 152 cm³/mol. The molecule has 1 aliphatic rings. The standard InChI is InChI=1S/C32H36N2O6/c1-21(30(35)34-29(31(36)37)22(2)39-19-23-12-4-3-5-13-23)11-10-18-33-32(38)40-20-28-26-16-8-6-14-24(26)25-15-7-9-17-27(25)28/h3-9,12-17,21-22,28-29H,10-11,18-20H2,1-2H3,(H,33,38)(H,34,35)(H,36,37). The lowest BCUT2D eigenvalue weighted by Gasteiger charge is -2.23. The van der Waals surface area contributed by atoms with Gasteiger partial charge in [0.15, 0.2) is 6.04 Å². The van der Waals surface area contributed by atoms with Crippen molar-refractivity contribution in [1.29, 1.82) is 0 Å². The van der Waals surface area contributed by atoms with Crippen molar-refractivity contribution < 1.29 is 29.0 Å². The van der Waals surface area contributed by atoms with Crippen molar-refractivity contribution in [3.63, 3.8) is 0 Å². The first-order valence-corrected chi connectivity index (χ1v) is 13.6. The molecule has 210 valence electrons. The Morgan fingerprint density at radius 1 is 0.875 bits per heavy atom. The molecule has 0 heterocycles. The normalized spacial score (nSPS) is 14.3. The number of carbonyl (C=O) groups is 3. The van der Waals surface area contributed by atoms with Crippen LogP contribution < -0.4 is 10.6 Å². The summed E-state index contributed by atoms with van der Waals surface area (Å²) in [6.45, 7) is 4.19. The summed E-state index contributed by atoms with van der Waals surface area (Å²) in [5.41, 5.74) is 5.55. The Balaban J connectivity index is 1.17. The molecule has 8 nitrogen and oxygen atoms in total. The van der Waals surface area contributed by atoms with E-state index in [1.54, 1.807) is 13.8 Å². The SMILES string of the molecule is CC(CCCNC(=O)OCC1c2ccccc2-c2ccccc21)C(=O)NC(C(=O)O)C(C)OCc1ccccc1. The molecule has 0 saturated carbocycles. The molecule has 40 heavy (non-hydrogen) atoms. The zero-order valence-electron chi connectivity index (χ0n) is 22.8. The summed E-state index contributed by atoms with van der Waals surface area (Å²) in [5.74, 6) is -1.97. The van der Waals surface area contributed by atoms with Crippen molar-refractivity contribution in [2.24, 2.45) is 5.92 Å². The highest BCUT2D eigenvalue weighted by Crippen LogP contribution is 2.44. The van der Waals surface area contributed by atoms with E-state index in [1.807, 2.05) is 54.6 Å². The largest absolute Gasteiger partial charge is 0.480 e. The van der Waals surface area contributed by atoms with Gasteiger partial charge >= 0.3 is 12.1 Å². The van der Waals surface area contributed by atoms with Crippen LogP contribution >= 0.6 is 0 Å². The maximum Gasteiger partial charge on any atom is 0.407 e. The van der Waals surface area contributed by atoms with E-state index >= 15 is 0 Å². The van der Waals surface area contributed by atoms with Gasteiger partial charge in [-0.25, -0.2) is 9.59 Å². The minimum atomic E-state index is -1.17. The second-order valence-electron chi connectivity index (χ2n) is 10.1. The Labute approximate surface area is 234 Å². The van der Waals surface area contributed by atoms with Gasteiger partial charge in [-0.05, 0) is 47.6 Å². The molecule has 4 rings (SSSR count). The number of fused-ring (bicyclic) bond motifs is 3. The van der Waals surface area contributed by atoms with Crippen LogP contribution in [0.1, 0.15) is 49.3 Å². The maximum atomic E-state index is 12.7. The lowest BCUT2D eigenvalue weighted by Crippen LogP contribution is -2.50. The summed E-state index contributed by atoms with van der Waals surface area (Å²) >= 11 is 0. The molecule has 2 amide bonds. The summed E-state index contributed by atoms with van der Waals surface area (Å²) in [5, 5.41) is 15.0. The lowest BCUT2D eigenvalue weighted by atomic mass is 9.98. The number of carbonyl (C=O) groups excluding carboxylic acids is 2. The number of rotatable bonds is 13. The fraction of sp³-hybridized carbons (Fsp3) is 0.344. The Hall–Kier alpha value is -4.17. The minimum absolute atomic E-state index is 0.0110. The van der Waals surface area contributed by atoms with Crippen LogP contribution in [0.3, 0.4) is 0 Å². The quantitative estimate of drug-likeness (QED) is 0.258. The molecule has 3 aromatic carbocycles. The highest BCUT2D eigenvalue weighted by Gasteiger charge is 2.30. The molecule has 0 spiro atoms. The first-order valence-electron chi connectivity index (χ1n) is 13.6. The van der Waals surface area contributed by atoms with Gasteiger partial charge in [-0.15, -0.1) is 0 Å². The molecule has 0 bridgehead atoms. The highest BCUT2D eigenvalue weighted by molar-refractivity contribution is 5.85.